The monoisotopic (exact) mass is 489 g/mol. The minimum absolute atomic E-state index is 0.760. The van der Waals surface area contributed by atoms with Crippen LogP contribution in [-0.4, -0.2) is 0 Å². The minimum Gasteiger partial charge on any atom is -0.0683 e. The van der Waals surface area contributed by atoms with E-state index in [0.717, 1.165) is 11.8 Å². The van der Waals surface area contributed by atoms with E-state index in [9.17, 15) is 0 Å². The summed E-state index contributed by atoms with van der Waals surface area (Å²) in [5.41, 5.74) is 3.04. The van der Waals surface area contributed by atoms with Gasteiger partial charge < -0.3 is 0 Å². The summed E-state index contributed by atoms with van der Waals surface area (Å²) in [6.45, 7) is 28.5. The molecule has 0 radical (unpaired) electrons. The van der Waals surface area contributed by atoms with Gasteiger partial charge in [0.1, 0.15) is 0 Å². The Morgan fingerprint density at radius 1 is 0.514 bits per heavy atom. The SMILES string of the molecule is CC.CC.CC.CC.CC.CC.CCC(CC)c1ccccc1.c1ccc(C2CCCCC2)cc1. The van der Waals surface area contributed by atoms with E-state index in [-0.39, 0.29) is 0 Å². The average Bonchev–Trinajstić information content (AvgIpc) is 3.02. The smallest absolute Gasteiger partial charge is 0.0162 e. The number of hydrogen-bond donors (Lipinski definition) is 0. The Kier molecular flexibility index (Phi) is 52.9. The zero-order valence-corrected chi connectivity index (χ0v) is 26.9. The third-order valence-corrected chi connectivity index (χ3v) is 5.13. The second-order valence-corrected chi connectivity index (χ2v) is 6.67. The summed E-state index contributed by atoms with van der Waals surface area (Å²) in [6, 6.07) is 21.7. The van der Waals surface area contributed by atoms with E-state index in [0.29, 0.717) is 0 Å². The summed E-state index contributed by atoms with van der Waals surface area (Å²) < 4.78 is 0. The van der Waals surface area contributed by atoms with Crippen molar-refractivity contribution in [2.75, 3.05) is 0 Å². The molecule has 0 aromatic heterocycles. The summed E-state index contributed by atoms with van der Waals surface area (Å²) in [6.07, 6.45) is 9.62. The number of rotatable bonds is 4. The first-order chi connectivity index (χ1) is 17.3. The first-order valence-corrected chi connectivity index (χ1v) is 15.4. The van der Waals surface area contributed by atoms with Gasteiger partial charge in [-0.2, -0.15) is 0 Å². The molecule has 208 valence electrons. The fraction of sp³-hybridized carbons (Fsp3) is 0.657. The molecule has 0 nitrogen and oxygen atoms in total. The van der Waals surface area contributed by atoms with Gasteiger partial charge in [-0.1, -0.05) is 177 Å². The third kappa shape index (κ3) is 25.3. The predicted octanol–water partition coefficient (Wildman–Crippen LogP) is 13.5. The van der Waals surface area contributed by atoms with Crippen LogP contribution in [0.15, 0.2) is 60.7 Å². The molecule has 0 N–H and O–H groups in total. The molecule has 0 aliphatic heterocycles. The molecule has 35 heavy (non-hydrogen) atoms. The van der Waals surface area contributed by atoms with Crippen molar-refractivity contribution in [3.63, 3.8) is 0 Å². The van der Waals surface area contributed by atoms with Crippen LogP contribution < -0.4 is 0 Å². The Balaban J connectivity index is -0.000000121. The van der Waals surface area contributed by atoms with E-state index < -0.39 is 0 Å². The normalized spacial score (nSPS) is 10.9. The van der Waals surface area contributed by atoms with Gasteiger partial charge >= 0.3 is 0 Å². The maximum absolute atomic E-state index is 2.27. The van der Waals surface area contributed by atoms with Crippen LogP contribution in [0.5, 0.6) is 0 Å². The van der Waals surface area contributed by atoms with Crippen molar-refractivity contribution in [2.45, 2.75) is 154 Å². The predicted molar refractivity (Wildman–Crippen MR) is 170 cm³/mol. The van der Waals surface area contributed by atoms with Crippen molar-refractivity contribution >= 4 is 0 Å². The molecule has 2 aromatic carbocycles. The van der Waals surface area contributed by atoms with Gasteiger partial charge in [0.25, 0.3) is 0 Å². The standard InChI is InChI=1S/C12H16.C11H16.6C2H6/c1-3-7-11(8-4-1)12-9-5-2-6-10-12;1-3-10(4-2)11-8-6-5-7-9-11;6*1-2/h1,3-4,7-8,12H,2,5-6,9-10H2;5-10H,3-4H2,1-2H3;6*1-2H3. The molecule has 1 fully saturated rings. The summed E-state index contributed by atoms with van der Waals surface area (Å²) in [5.74, 6) is 1.62. The molecule has 1 aliphatic carbocycles. The quantitative estimate of drug-likeness (QED) is 0.401. The molecule has 0 spiro atoms. The summed E-state index contributed by atoms with van der Waals surface area (Å²) in [7, 11) is 0. The fourth-order valence-corrected chi connectivity index (χ4v) is 3.65. The second-order valence-electron chi connectivity index (χ2n) is 6.67. The Labute approximate surface area is 225 Å². The third-order valence-electron chi connectivity index (χ3n) is 5.13. The first kappa shape index (κ1) is 43.5. The molecular weight excluding hydrogens is 420 g/mol. The Hall–Kier alpha value is -1.56. The highest BCUT2D eigenvalue weighted by Crippen LogP contribution is 2.32. The molecular formula is C35H68. The molecule has 1 saturated carbocycles. The maximum atomic E-state index is 2.27. The topological polar surface area (TPSA) is 0 Å². The number of hydrogen-bond acceptors (Lipinski definition) is 0. The molecule has 0 heterocycles. The molecule has 0 atom stereocenters. The lowest BCUT2D eigenvalue weighted by atomic mass is 9.84. The lowest BCUT2D eigenvalue weighted by Crippen LogP contribution is -2.03. The molecule has 0 saturated heterocycles. The van der Waals surface area contributed by atoms with Crippen LogP contribution >= 0.6 is 0 Å². The summed E-state index contributed by atoms with van der Waals surface area (Å²) >= 11 is 0. The Morgan fingerprint density at radius 2 is 0.857 bits per heavy atom. The lowest BCUT2D eigenvalue weighted by molar-refractivity contribution is 0.443. The maximum Gasteiger partial charge on any atom is -0.0162 e. The molecule has 0 bridgehead atoms. The summed E-state index contributed by atoms with van der Waals surface area (Å²) in [4.78, 5) is 0. The molecule has 2 aromatic rings. The van der Waals surface area contributed by atoms with Crippen LogP contribution in [0.3, 0.4) is 0 Å². The second kappa shape index (κ2) is 42.6. The fourth-order valence-electron chi connectivity index (χ4n) is 3.65. The van der Waals surface area contributed by atoms with Crippen LogP contribution in [0.1, 0.15) is 165 Å². The van der Waals surface area contributed by atoms with E-state index >= 15 is 0 Å². The van der Waals surface area contributed by atoms with Gasteiger partial charge in [-0.3, -0.25) is 0 Å². The number of benzene rings is 2. The van der Waals surface area contributed by atoms with Crippen LogP contribution in [0.4, 0.5) is 0 Å². The highest BCUT2D eigenvalue weighted by molar-refractivity contribution is 5.20. The lowest BCUT2D eigenvalue weighted by Gasteiger charge is -2.21. The van der Waals surface area contributed by atoms with Crippen LogP contribution in [0, 0.1) is 0 Å². The molecule has 0 heteroatoms. The molecule has 0 unspecified atom stereocenters. The Morgan fingerprint density at radius 3 is 1.20 bits per heavy atom. The van der Waals surface area contributed by atoms with Gasteiger partial charge in [-0.05, 0) is 48.6 Å². The van der Waals surface area contributed by atoms with Gasteiger partial charge in [-0.15, -0.1) is 0 Å². The molecule has 0 amide bonds. The van der Waals surface area contributed by atoms with Gasteiger partial charge in [0, 0.05) is 0 Å². The summed E-state index contributed by atoms with van der Waals surface area (Å²) in [5, 5.41) is 0. The average molecular weight is 489 g/mol. The van der Waals surface area contributed by atoms with Crippen LogP contribution in [-0.2, 0) is 0 Å². The largest absolute Gasteiger partial charge is 0.0683 e. The molecule has 3 rings (SSSR count). The highest BCUT2D eigenvalue weighted by Gasteiger charge is 2.14. The van der Waals surface area contributed by atoms with Gasteiger partial charge in [-0.25, -0.2) is 0 Å². The highest BCUT2D eigenvalue weighted by atomic mass is 14.2. The van der Waals surface area contributed by atoms with Crippen molar-refractivity contribution in [2.24, 2.45) is 0 Å². The van der Waals surface area contributed by atoms with E-state index in [1.807, 2.05) is 83.1 Å². The van der Waals surface area contributed by atoms with Crippen molar-refractivity contribution in [3.8, 4) is 0 Å². The van der Waals surface area contributed by atoms with Gasteiger partial charge in [0.05, 0.1) is 0 Å². The van der Waals surface area contributed by atoms with Crippen LogP contribution in [0.2, 0.25) is 0 Å². The van der Waals surface area contributed by atoms with E-state index in [1.54, 1.807) is 5.56 Å². The molecule has 1 aliphatic rings. The van der Waals surface area contributed by atoms with E-state index in [2.05, 4.69) is 74.5 Å². The van der Waals surface area contributed by atoms with E-state index in [4.69, 9.17) is 0 Å². The van der Waals surface area contributed by atoms with Crippen molar-refractivity contribution in [3.05, 3.63) is 71.8 Å². The van der Waals surface area contributed by atoms with Crippen molar-refractivity contribution in [1.29, 1.82) is 0 Å². The van der Waals surface area contributed by atoms with Gasteiger partial charge in [0.2, 0.25) is 0 Å². The Bertz CT molecular complexity index is 504. The van der Waals surface area contributed by atoms with Crippen LogP contribution in [0.25, 0.3) is 0 Å². The van der Waals surface area contributed by atoms with Gasteiger partial charge in [0.15, 0.2) is 0 Å². The van der Waals surface area contributed by atoms with Crippen molar-refractivity contribution < 1.29 is 0 Å². The zero-order chi connectivity index (χ0) is 28.3. The van der Waals surface area contributed by atoms with Crippen molar-refractivity contribution in [1.82, 2.24) is 0 Å². The van der Waals surface area contributed by atoms with E-state index in [1.165, 1.54) is 50.5 Å². The zero-order valence-electron chi connectivity index (χ0n) is 26.9. The first-order valence-electron chi connectivity index (χ1n) is 15.4. The minimum atomic E-state index is 0.760.